The van der Waals surface area contributed by atoms with Gasteiger partial charge in [0.25, 0.3) is 0 Å². The Morgan fingerprint density at radius 2 is 1.17 bits per heavy atom. The molecule has 0 atom stereocenters. The Labute approximate surface area is 37.4 Å². The van der Waals surface area contributed by atoms with Crippen LogP contribution < -0.4 is 0 Å². The lowest BCUT2D eigenvalue weighted by molar-refractivity contribution is 0.242. The lowest BCUT2D eigenvalue weighted by atomic mass is 11.3. The predicted molar refractivity (Wildman–Crippen MR) is 23.4 cm³/mol. The molecule has 0 aliphatic heterocycles. The van der Waals surface area contributed by atoms with Crippen LogP contribution in [0, 0.1) is 0 Å². The fraction of sp³-hybridized carbons (Fsp3) is 1.00. The maximum Gasteiger partial charge on any atom is 0.0431 e. The average molecular weight is 94.1 g/mol. The van der Waals surface area contributed by atoms with Crippen LogP contribution in [0.25, 0.3) is 0 Å². The molecule has 0 bridgehead atoms. The van der Waals surface area contributed by atoms with Gasteiger partial charge in [-0.25, -0.2) is 0 Å². The van der Waals surface area contributed by atoms with Crippen molar-refractivity contribution < 1.29 is 10.2 Å². The summed E-state index contributed by atoms with van der Waals surface area (Å²) in [6.07, 6.45) is 1.44. The number of rotatable bonds is 3. The Kier molecular flexibility index (Phi) is 4.85. The number of hydrogen-bond donors (Lipinski definition) is 2. The van der Waals surface area contributed by atoms with E-state index in [0.717, 1.165) is 12.8 Å². The third-order valence-electron chi connectivity index (χ3n) is 0.566. The number of aliphatic hydroxyl groups excluding tert-OH is 2. The van der Waals surface area contributed by atoms with E-state index in [4.69, 9.17) is 10.2 Å². The van der Waals surface area contributed by atoms with Crippen molar-refractivity contribution in [1.82, 2.24) is 0 Å². The Bertz CT molecular complexity index is 17.5. The van der Waals surface area contributed by atoms with Gasteiger partial charge in [-0.05, 0) is 12.8 Å². The molecule has 2 heteroatoms. The lowest BCUT2D eigenvalue weighted by Crippen LogP contribution is -1.85. The fourth-order valence-corrected chi connectivity index (χ4v) is 0.224. The fourth-order valence-electron chi connectivity index (χ4n) is 0.224. The van der Waals surface area contributed by atoms with E-state index in [1.165, 1.54) is 0 Å². The van der Waals surface area contributed by atoms with Gasteiger partial charge < -0.3 is 10.2 Å². The molecule has 0 unspecified atom stereocenters. The van der Waals surface area contributed by atoms with Gasteiger partial charge in [-0.2, -0.15) is 0 Å². The van der Waals surface area contributed by atoms with Crippen molar-refractivity contribution in [2.45, 2.75) is 12.8 Å². The van der Waals surface area contributed by atoms with Gasteiger partial charge in [0, 0.05) is 13.2 Å². The van der Waals surface area contributed by atoms with Crippen LogP contribution in [0.2, 0.25) is 0 Å². The van der Waals surface area contributed by atoms with Gasteiger partial charge in [0.2, 0.25) is 0 Å². The van der Waals surface area contributed by atoms with Crippen LogP contribution in [0.5, 0.6) is 0 Å². The van der Waals surface area contributed by atoms with Crippen LogP contribution in [0.3, 0.4) is 0 Å². The molecule has 0 heterocycles. The van der Waals surface area contributed by atoms with E-state index in [0.29, 0.717) is 0 Å². The van der Waals surface area contributed by atoms with Crippen LogP contribution in [0.1, 0.15) is 12.8 Å². The lowest BCUT2D eigenvalue weighted by Gasteiger charge is -1.85. The molecule has 6 heavy (non-hydrogen) atoms. The van der Waals surface area contributed by atoms with Crippen LogP contribution in [0.15, 0.2) is 0 Å². The van der Waals surface area contributed by atoms with Crippen LogP contribution >= 0.6 is 0 Å². The summed E-state index contributed by atoms with van der Waals surface area (Å²) in [6, 6.07) is 0. The quantitative estimate of drug-likeness (QED) is 0.374. The largest absolute Gasteiger partial charge is 0.396 e. The van der Waals surface area contributed by atoms with E-state index < -0.39 is 0 Å². The van der Waals surface area contributed by atoms with E-state index in [2.05, 4.69) is 0 Å². The second-order valence-electron chi connectivity index (χ2n) is 1.15. The second kappa shape index (κ2) is 4.92. The highest BCUT2D eigenvalue weighted by Gasteiger charge is 1.77. The van der Waals surface area contributed by atoms with E-state index in [9.17, 15) is 0 Å². The summed E-state index contributed by atoms with van der Waals surface area (Å²) in [5, 5.41) is 16.2. The van der Waals surface area contributed by atoms with Gasteiger partial charge in [-0.3, -0.25) is 0 Å². The molecule has 0 aromatic heterocycles. The van der Waals surface area contributed by atoms with Crippen molar-refractivity contribution in [3.63, 3.8) is 0 Å². The van der Waals surface area contributed by atoms with Gasteiger partial charge in [0.15, 0.2) is 0 Å². The third kappa shape index (κ3) is 3.92. The minimum Gasteiger partial charge on any atom is -0.396 e. The van der Waals surface area contributed by atoms with Crippen LogP contribution in [-0.2, 0) is 0 Å². The molecule has 0 saturated heterocycles. The molecule has 0 fully saturated rings. The maximum absolute atomic E-state index is 8.09. The summed E-state index contributed by atoms with van der Waals surface area (Å²) in [5.74, 6) is 0. The molecule has 0 aromatic carbocycles. The molecule has 0 rings (SSSR count). The van der Waals surface area contributed by atoms with Crippen LogP contribution in [0.4, 0.5) is 0 Å². The monoisotopic (exact) mass is 94.1 g/mol. The van der Waals surface area contributed by atoms with Crippen molar-refractivity contribution in [2.75, 3.05) is 13.2 Å². The second-order valence-corrected chi connectivity index (χ2v) is 1.15. The van der Waals surface area contributed by atoms with E-state index >= 15 is 0 Å². The first-order valence-corrected chi connectivity index (χ1v) is 2.13. The first kappa shape index (κ1) is 5.92. The summed E-state index contributed by atoms with van der Waals surface area (Å²) >= 11 is 0. The molecule has 0 aliphatic carbocycles. The SMILES string of the molecule is O[13CH2][13CH2][13CH2][13CH2]O. The highest BCUT2D eigenvalue weighted by Crippen LogP contribution is 1.80. The molecule has 0 spiro atoms. The van der Waals surface area contributed by atoms with Crippen LogP contribution in [-0.4, -0.2) is 23.4 Å². The summed E-state index contributed by atoms with van der Waals surface area (Å²) in [5.41, 5.74) is 0. The van der Waals surface area contributed by atoms with Crippen molar-refractivity contribution in [3.05, 3.63) is 0 Å². The zero-order chi connectivity index (χ0) is 4.83. The Morgan fingerprint density at radius 3 is 1.33 bits per heavy atom. The Balaban J connectivity index is 2.34. The average Bonchev–Trinajstić information content (AvgIpc) is 1.61. The molecular weight excluding hydrogens is 84.0 g/mol. The standard InChI is InChI=1S/C4H10O2/c5-3-1-2-4-6/h5-6H,1-4H2/i1+1,2+1,3+1,4+1. The van der Waals surface area contributed by atoms with E-state index in [1.807, 2.05) is 0 Å². The van der Waals surface area contributed by atoms with Crippen molar-refractivity contribution >= 4 is 0 Å². The number of hydrogen-bond acceptors (Lipinski definition) is 2. The Morgan fingerprint density at radius 1 is 0.833 bits per heavy atom. The summed E-state index contributed by atoms with van der Waals surface area (Å²) in [6.45, 7) is 0.390. The van der Waals surface area contributed by atoms with Gasteiger partial charge in [-0.15, -0.1) is 0 Å². The molecule has 0 amide bonds. The number of unbranched alkanes of at least 4 members (excludes halogenated alkanes) is 1. The van der Waals surface area contributed by atoms with Gasteiger partial charge in [0.1, 0.15) is 0 Å². The predicted octanol–water partition coefficient (Wildman–Crippen LogP) is -0.249. The topological polar surface area (TPSA) is 40.5 Å². The summed E-state index contributed by atoms with van der Waals surface area (Å²) in [7, 11) is 0. The summed E-state index contributed by atoms with van der Waals surface area (Å²) < 4.78 is 0. The maximum atomic E-state index is 8.09. The molecule has 0 radical (unpaired) electrons. The van der Waals surface area contributed by atoms with E-state index in [-0.39, 0.29) is 13.2 Å². The highest BCUT2D eigenvalue weighted by atomic mass is 16.3. The van der Waals surface area contributed by atoms with Gasteiger partial charge >= 0.3 is 0 Å². The van der Waals surface area contributed by atoms with Crippen molar-refractivity contribution in [2.24, 2.45) is 0 Å². The zero-order valence-corrected chi connectivity index (χ0v) is 3.72. The first-order chi connectivity index (χ1) is 2.91. The molecule has 0 aromatic rings. The van der Waals surface area contributed by atoms with E-state index in [1.54, 1.807) is 0 Å². The Hall–Kier alpha value is -0.0800. The molecular formula is C4H10O2. The molecule has 2 nitrogen and oxygen atoms in total. The minimum absolute atomic E-state index is 0.195. The molecule has 38 valence electrons. The molecule has 2 N–H and O–H groups in total. The molecule has 0 saturated carbocycles. The smallest absolute Gasteiger partial charge is 0.0431 e. The van der Waals surface area contributed by atoms with Gasteiger partial charge in [0.05, 0.1) is 0 Å². The zero-order valence-electron chi connectivity index (χ0n) is 3.72. The minimum atomic E-state index is 0.195. The van der Waals surface area contributed by atoms with Gasteiger partial charge in [-0.1, -0.05) is 0 Å². The highest BCUT2D eigenvalue weighted by molar-refractivity contribution is 4.30. The third-order valence-corrected chi connectivity index (χ3v) is 0.566. The first-order valence-electron chi connectivity index (χ1n) is 2.13. The summed E-state index contributed by atoms with van der Waals surface area (Å²) in [4.78, 5) is 0. The normalized spacial score (nSPS) is 9.00. The molecule has 0 aliphatic rings. The number of aliphatic hydroxyl groups is 2. The van der Waals surface area contributed by atoms with Crippen molar-refractivity contribution in [3.8, 4) is 0 Å². The van der Waals surface area contributed by atoms with Crippen molar-refractivity contribution in [1.29, 1.82) is 0 Å².